The summed E-state index contributed by atoms with van der Waals surface area (Å²) in [6, 6.07) is 3.53. The fourth-order valence-corrected chi connectivity index (χ4v) is 4.21. The third kappa shape index (κ3) is 2.04. The molecule has 0 aliphatic carbocycles. The number of nitrogens with zero attached hydrogens (tertiary/aromatic N) is 3. The molecule has 1 aromatic heterocycles. The van der Waals surface area contributed by atoms with Crippen LogP contribution >= 0.6 is 0 Å². The van der Waals surface area contributed by atoms with Crippen LogP contribution in [-0.4, -0.2) is 45.8 Å². The van der Waals surface area contributed by atoms with Crippen molar-refractivity contribution in [1.82, 2.24) is 9.78 Å². The quantitative estimate of drug-likeness (QED) is 0.628. The lowest BCUT2D eigenvalue weighted by atomic mass is 10.2. The molecule has 0 radical (unpaired) electrons. The number of aromatic nitrogens is 2. The van der Waals surface area contributed by atoms with Crippen LogP contribution in [0.2, 0.25) is 0 Å². The average molecular weight is 297 g/mol. The summed E-state index contributed by atoms with van der Waals surface area (Å²) in [5.41, 5.74) is 0.343. The van der Waals surface area contributed by atoms with Gasteiger partial charge in [-0.2, -0.15) is 5.10 Å². The highest BCUT2D eigenvalue weighted by Crippen LogP contribution is 2.29. The van der Waals surface area contributed by atoms with Gasteiger partial charge >= 0.3 is 0 Å². The third-order valence-electron chi connectivity index (χ3n) is 3.40. The van der Waals surface area contributed by atoms with E-state index in [1.807, 2.05) is 0 Å². The minimum Gasteiger partial charge on any atom is -0.390 e. The molecule has 2 atom stereocenters. The average Bonchev–Trinajstić information content (AvgIpc) is 2.88. The van der Waals surface area contributed by atoms with E-state index in [1.165, 1.54) is 23.0 Å². The van der Waals surface area contributed by atoms with Crippen molar-refractivity contribution in [2.24, 2.45) is 0 Å². The summed E-state index contributed by atoms with van der Waals surface area (Å²) >= 11 is 0. The molecular formula is C11H11N3O5S. The minimum atomic E-state index is -3.31. The largest absolute Gasteiger partial charge is 0.390 e. The molecule has 20 heavy (non-hydrogen) atoms. The fraction of sp³-hybridized carbons (Fsp3) is 0.364. The van der Waals surface area contributed by atoms with Crippen LogP contribution in [0, 0.1) is 10.1 Å². The van der Waals surface area contributed by atoms with Gasteiger partial charge < -0.3 is 5.11 Å². The molecule has 1 N–H and O–H groups in total. The Morgan fingerprint density at radius 3 is 2.75 bits per heavy atom. The van der Waals surface area contributed by atoms with Crippen molar-refractivity contribution in [3.63, 3.8) is 0 Å². The number of non-ortho nitro benzene ring substituents is 1. The number of rotatable bonds is 2. The van der Waals surface area contributed by atoms with Gasteiger partial charge in [0.1, 0.15) is 0 Å². The number of nitro groups is 1. The summed E-state index contributed by atoms with van der Waals surface area (Å²) in [7, 11) is -3.31. The number of hydrogen-bond acceptors (Lipinski definition) is 6. The normalized spacial score (nSPS) is 25.1. The second-order valence-corrected chi connectivity index (χ2v) is 6.95. The van der Waals surface area contributed by atoms with Gasteiger partial charge in [0.15, 0.2) is 9.84 Å². The second kappa shape index (κ2) is 4.25. The maximum Gasteiger partial charge on any atom is 0.271 e. The summed E-state index contributed by atoms with van der Waals surface area (Å²) in [5, 5.41) is 25.4. The van der Waals surface area contributed by atoms with Crippen LogP contribution in [-0.2, 0) is 9.84 Å². The van der Waals surface area contributed by atoms with E-state index in [4.69, 9.17) is 0 Å². The van der Waals surface area contributed by atoms with Crippen LogP contribution in [0.15, 0.2) is 24.4 Å². The number of hydrogen-bond donors (Lipinski definition) is 1. The maximum atomic E-state index is 11.5. The summed E-state index contributed by atoms with van der Waals surface area (Å²) in [6.07, 6.45) is 0.443. The number of fused-ring (bicyclic) bond motifs is 1. The lowest BCUT2D eigenvalue weighted by Gasteiger charge is -2.14. The van der Waals surface area contributed by atoms with Crippen molar-refractivity contribution in [1.29, 1.82) is 0 Å². The Morgan fingerprint density at radius 1 is 1.40 bits per heavy atom. The molecule has 1 aliphatic heterocycles. The van der Waals surface area contributed by atoms with Crippen LogP contribution in [0.5, 0.6) is 0 Å². The maximum absolute atomic E-state index is 11.5. The molecule has 2 aromatic rings. The van der Waals surface area contributed by atoms with Crippen molar-refractivity contribution in [2.45, 2.75) is 12.1 Å². The van der Waals surface area contributed by atoms with Gasteiger partial charge in [-0.15, -0.1) is 0 Å². The SMILES string of the molecule is O=[N+]([O-])c1ccc2cnn(C3CS(=O)(=O)CC3O)c2c1. The second-order valence-electron chi connectivity index (χ2n) is 4.80. The molecule has 2 unspecified atom stereocenters. The first-order chi connectivity index (χ1) is 9.37. The highest BCUT2D eigenvalue weighted by Gasteiger charge is 2.38. The fourth-order valence-electron chi connectivity index (χ4n) is 2.45. The van der Waals surface area contributed by atoms with Gasteiger partial charge in [-0.05, 0) is 6.07 Å². The monoisotopic (exact) mass is 297 g/mol. The van der Waals surface area contributed by atoms with E-state index in [2.05, 4.69) is 5.10 Å². The first-order valence-corrected chi connectivity index (χ1v) is 7.70. The number of benzene rings is 1. The molecule has 106 valence electrons. The summed E-state index contributed by atoms with van der Waals surface area (Å²) < 4.78 is 24.5. The van der Waals surface area contributed by atoms with Gasteiger partial charge in [0, 0.05) is 17.5 Å². The molecule has 1 saturated heterocycles. The highest BCUT2D eigenvalue weighted by atomic mass is 32.2. The molecule has 8 nitrogen and oxygen atoms in total. The number of sulfone groups is 1. The van der Waals surface area contributed by atoms with Gasteiger partial charge in [-0.25, -0.2) is 8.42 Å². The van der Waals surface area contributed by atoms with Crippen LogP contribution in [0.4, 0.5) is 5.69 Å². The first-order valence-electron chi connectivity index (χ1n) is 5.87. The Hall–Kier alpha value is -2.00. The summed E-state index contributed by atoms with van der Waals surface area (Å²) in [4.78, 5) is 10.3. The third-order valence-corrected chi connectivity index (χ3v) is 5.10. The predicted molar refractivity (Wildman–Crippen MR) is 70.1 cm³/mol. The van der Waals surface area contributed by atoms with E-state index < -0.39 is 26.9 Å². The Kier molecular flexibility index (Phi) is 2.76. The predicted octanol–water partition coefficient (Wildman–Crippen LogP) is 0.275. The van der Waals surface area contributed by atoms with Gasteiger partial charge in [-0.3, -0.25) is 14.8 Å². The van der Waals surface area contributed by atoms with Crippen LogP contribution in [0.1, 0.15) is 6.04 Å². The van der Waals surface area contributed by atoms with Gasteiger partial charge in [0.05, 0.1) is 40.3 Å². The minimum absolute atomic E-state index is 0.102. The van der Waals surface area contributed by atoms with E-state index in [0.717, 1.165) is 0 Å². The van der Waals surface area contributed by atoms with Crippen molar-refractivity contribution < 1.29 is 18.4 Å². The topological polar surface area (TPSA) is 115 Å². The molecule has 0 bridgehead atoms. The molecule has 2 heterocycles. The Morgan fingerprint density at radius 2 is 2.15 bits per heavy atom. The Labute approximate surface area is 113 Å². The molecule has 1 aliphatic rings. The zero-order valence-electron chi connectivity index (χ0n) is 10.2. The number of aliphatic hydroxyl groups excluding tert-OH is 1. The number of nitro benzene ring substituents is 1. The smallest absolute Gasteiger partial charge is 0.271 e. The lowest BCUT2D eigenvalue weighted by molar-refractivity contribution is -0.384. The van der Waals surface area contributed by atoms with Gasteiger partial charge in [-0.1, -0.05) is 0 Å². The van der Waals surface area contributed by atoms with Crippen molar-refractivity contribution >= 4 is 26.4 Å². The van der Waals surface area contributed by atoms with E-state index in [0.29, 0.717) is 10.9 Å². The van der Waals surface area contributed by atoms with E-state index in [1.54, 1.807) is 6.07 Å². The first kappa shape index (κ1) is 13.0. The standard InChI is InChI=1S/C11H11N3O5S/c15-11-6-20(18,19)5-10(11)13-9-3-8(14(16)17)2-1-7(9)4-12-13/h1-4,10-11,15H,5-6H2. The van der Waals surface area contributed by atoms with Crippen molar-refractivity contribution in [3.8, 4) is 0 Å². The van der Waals surface area contributed by atoms with Crippen LogP contribution in [0.25, 0.3) is 10.9 Å². The molecule has 9 heteroatoms. The Bertz CT molecular complexity index is 797. The van der Waals surface area contributed by atoms with E-state index >= 15 is 0 Å². The van der Waals surface area contributed by atoms with E-state index in [9.17, 15) is 23.6 Å². The Balaban J connectivity index is 2.12. The summed E-state index contributed by atoms with van der Waals surface area (Å²) in [5.74, 6) is -0.526. The molecule has 0 amide bonds. The highest BCUT2D eigenvalue weighted by molar-refractivity contribution is 7.91. The molecule has 0 saturated carbocycles. The summed E-state index contributed by atoms with van der Waals surface area (Å²) in [6.45, 7) is 0. The molecule has 3 rings (SSSR count). The van der Waals surface area contributed by atoms with Gasteiger partial charge in [0.2, 0.25) is 0 Å². The number of aliphatic hydroxyl groups is 1. The van der Waals surface area contributed by atoms with Crippen molar-refractivity contribution in [3.05, 3.63) is 34.5 Å². The molecule has 1 aromatic carbocycles. The van der Waals surface area contributed by atoms with Gasteiger partial charge in [0.25, 0.3) is 5.69 Å². The van der Waals surface area contributed by atoms with Crippen LogP contribution < -0.4 is 0 Å². The van der Waals surface area contributed by atoms with Crippen molar-refractivity contribution in [2.75, 3.05) is 11.5 Å². The molecule has 0 spiro atoms. The zero-order chi connectivity index (χ0) is 14.5. The lowest BCUT2D eigenvalue weighted by Crippen LogP contribution is -2.22. The van der Waals surface area contributed by atoms with Crippen LogP contribution in [0.3, 0.4) is 0 Å². The molecular weight excluding hydrogens is 286 g/mol. The van der Waals surface area contributed by atoms with E-state index in [-0.39, 0.29) is 17.2 Å². The zero-order valence-corrected chi connectivity index (χ0v) is 11.0. The molecule has 1 fully saturated rings.